The first-order valence-corrected chi connectivity index (χ1v) is 10.3. The van der Waals surface area contributed by atoms with Gasteiger partial charge in [-0.15, -0.1) is 24.0 Å². The van der Waals surface area contributed by atoms with E-state index in [-0.39, 0.29) is 35.5 Å². The minimum atomic E-state index is -2.79. The molecule has 1 fully saturated rings. The standard InChI is InChI=1S/C15H32N4O2S.HI/c1-2-3-4-5-6-7-8-17-15(16)18-9-10-19-11-13-22(20,21)14-12-19;/h2-14H2,1H3,(H3,16,17,18);1H. The fourth-order valence-corrected chi connectivity index (χ4v) is 3.74. The summed E-state index contributed by atoms with van der Waals surface area (Å²) in [5, 5.41) is 3.10. The number of nitrogens with zero attached hydrogens (tertiary/aromatic N) is 2. The second-order valence-electron chi connectivity index (χ2n) is 5.95. The lowest BCUT2D eigenvalue weighted by Gasteiger charge is -2.26. The summed E-state index contributed by atoms with van der Waals surface area (Å²) in [6.45, 7) is 5.78. The number of sulfone groups is 1. The highest BCUT2D eigenvalue weighted by Crippen LogP contribution is 2.04. The van der Waals surface area contributed by atoms with Gasteiger partial charge in [-0.25, -0.2) is 8.42 Å². The van der Waals surface area contributed by atoms with Crippen molar-refractivity contribution in [1.29, 1.82) is 0 Å². The second-order valence-corrected chi connectivity index (χ2v) is 8.26. The number of guanidine groups is 1. The number of hydrogen-bond donors (Lipinski definition) is 2. The Morgan fingerprint density at radius 3 is 2.39 bits per heavy atom. The molecule has 6 nitrogen and oxygen atoms in total. The average molecular weight is 460 g/mol. The number of nitrogens with one attached hydrogen (secondary N) is 1. The maximum absolute atomic E-state index is 11.3. The zero-order chi connectivity index (χ0) is 16.3. The third kappa shape index (κ3) is 12.0. The molecule has 1 heterocycles. The number of unbranched alkanes of at least 4 members (excludes halogenated alkanes) is 5. The van der Waals surface area contributed by atoms with Gasteiger partial charge < -0.3 is 11.1 Å². The van der Waals surface area contributed by atoms with E-state index in [1.54, 1.807) is 0 Å². The van der Waals surface area contributed by atoms with Crippen LogP contribution >= 0.6 is 24.0 Å². The van der Waals surface area contributed by atoms with Gasteiger partial charge in [-0.3, -0.25) is 9.89 Å². The van der Waals surface area contributed by atoms with Gasteiger partial charge in [-0.05, 0) is 6.42 Å². The highest BCUT2D eigenvalue weighted by atomic mass is 127. The Morgan fingerprint density at radius 1 is 1.13 bits per heavy atom. The largest absolute Gasteiger partial charge is 0.370 e. The zero-order valence-electron chi connectivity index (χ0n) is 14.3. The predicted octanol–water partition coefficient (Wildman–Crippen LogP) is 1.60. The Hall–Kier alpha value is -0.0900. The Morgan fingerprint density at radius 2 is 1.74 bits per heavy atom. The molecule has 138 valence electrons. The molecule has 0 bridgehead atoms. The molecule has 0 aromatic rings. The van der Waals surface area contributed by atoms with Gasteiger partial charge in [0.05, 0.1) is 11.5 Å². The third-order valence-corrected chi connectivity index (χ3v) is 5.57. The number of hydrogen-bond acceptors (Lipinski definition) is 4. The first-order chi connectivity index (χ1) is 10.5. The van der Waals surface area contributed by atoms with E-state index in [1.165, 1.54) is 32.1 Å². The molecule has 0 spiro atoms. The molecule has 0 amide bonds. The molecule has 0 unspecified atom stereocenters. The fourth-order valence-electron chi connectivity index (χ4n) is 2.46. The van der Waals surface area contributed by atoms with Crippen molar-refractivity contribution < 1.29 is 8.42 Å². The number of rotatable bonds is 10. The summed E-state index contributed by atoms with van der Waals surface area (Å²) in [5.74, 6) is 1.04. The monoisotopic (exact) mass is 460 g/mol. The highest BCUT2D eigenvalue weighted by molar-refractivity contribution is 14.0. The van der Waals surface area contributed by atoms with Crippen molar-refractivity contribution in [2.75, 3.05) is 44.2 Å². The van der Waals surface area contributed by atoms with Crippen molar-refractivity contribution in [2.24, 2.45) is 10.7 Å². The quantitative estimate of drug-likeness (QED) is 0.224. The molecule has 1 aliphatic heterocycles. The number of aliphatic imine (C=N–C) groups is 1. The van der Waals surface area contributed by atoms with Gasteiger partial charge in [0, 0.05) is 32.7 Å². The summed E-state index contributed by atoms with van der Waals surface area (Å²) in [7, 11) is -2.79. The Bertz CT molecular complexity index is 415. The average Bonchev–Trinajstić information content (AvgIpc) is 2.48. The minimum absolute atomic E-state index is 0. The summed E-state index contributed by atoms with van der Waals surface area (Å²) in [6, 6.07) is 0. The lowest BCUT2D eigenvalue weighted by Crippen LogP contribution is -2.44. The van der Waals surface area contributed by atoms with Crippen LogP contribution in [0.1, 0.15) is 45.4 Å². The zero-order valence-corrected chi connectivity index (χ0v) is 17.4. The van der Waals surface area contributed by atoms with Crippen LogP contribution in [0.3, 0.4) is 0 Å². The first kappa shape index (κ1) is 22.9. The molecule has 1 aliphatic rings. The van der Waals surface area contributed by atoms with E-state index in [2.05, 4.69) is 22.1 Å². The van der Waals surface area contributed by atoms with E-state index in [9.17, 15) is 8.42 Å². The summed E-state index contributed by atoms with van der Waals surface area (Å²) in [6.07, 6.45) is 7.52. The van der Waals surface area contributed by atoms with Gasteiger partial charge >= 0.3 is 0 Å². The molecule has 0 saturated carbocycles. The van der Waals surface area contributed by atoms with E-state index in [0.29, 0.717) is 25.6 Å². The van der Waals surface area contributed by atoms with Crippen molar-refractivity contribution in [1.82, 2.24) is 10.2 Å². The van der Waals surface area contributed by atoms with E-state index >= 15 is 0 Å². The molecule has 1 saturated heterocycles. The van der Waals surface area contributed by atoms with Gasteiger partial charge in [0.15, 0.2) is 15.8 Å². The highest BCUT2D eigenvalue weighted by Gasteiger charge is 2.20. The van der Waals surface area contributed by atoms with Gasteiger partial charge in [-0.1, -0.05) is 39.0 Å². The van der Waals surface area contributed by atoms with Crippen LogP contribution in [0.15, 0.2) is 4.99 Å². The maximum Gasteiger partial charge on any atom is 0.188 e. The molecular weight excluding hydrogens is 427 g/mol. The summed E-state index contributed by atoms with van der Waals surface area (Å²) < 4.78 is 22.7. The lowest BCUT2D eigenvalue weighted by atomic mass is 10.1. The lowest BCUT2D eigenvalue weighted by molar-refractivity contribution is 0.300. The molecule has 0 aromatic carbocycles. The predicted molar refractivity (Wildman–Crippen MR) is 108 cm³/mol. The molecule has 3 N–H and O–H groups in total. The Labute approximate surface area is 158 Å². The Balaban J connectivity index is 0.00000484. The van der Waals surface area contributed by atoms with Crippen molar-refractivity contribution >= 4 is 39.8 Å². The van der Waals surface area contributed by atoms with Crippen LogP contribution in [0.4, 0.5) is 0 Å². The van der Waals surface area contributed by atoms with Gasteiger partial charge in [0.25, 0.3) is 0 Å². The molecular formula is C15H33IN4O2S. The maximum atomic E-state index is 11.3. The topological polar surface area (TPSA) is 87.8 Å². The van der Waals surface area contributed by atoms with Gasteiger partial charge in [-0.2, -0.15) is 0 Å². The second kappa shape index (κ2) is 13.2. The van der Waals surface area contributed by atoms with Crippen LogP contribution in [0.5, 0.6) is 0 Å². The molecule has 0 radical (unpaired) electrons. The van der Waals surface area contributed by atoms with Crippen LogP contribution in [0, 0.1) is 0 Å². The SMILES string of the molecule is CCCCCCCCN=C(N)NCCN1CCS(=O)(=O)CC1.I. The van der Waals surface area contributed by atoms with Crippen molar-refractivity contribution in [3.05, 3.63) is 0 Å². The minimum Gasteiger partial charge on any atom is -0.370 e. The van der Waals surface area contributed by atoms with Crippen LogP contribution < -0.4 is 11.1 Å². The Kier molecular flexibility index (Phi) is 13.2. The third-order valence-electron chi connectivity index (χ3n) is 3.97. The van der Waals surface area contributed by atoms with Crippen molar-refractivity contribution in [3.63, 3.8) is 0 Å². The smallest absolute Gasteiger partial charge is 0.188 e. The molecule has 0 aromatic heterocycles. The van der Waals surface area contributed by atoms with E-state index in [1.807, 2.05) is 0 Å². The molecule has 0 aliphatic carbocycles. The van der Waals surface area contributed by atoms with Gasteiger partial charge in [0.1, 0.15) is 0 Å². The van der Waals surface area contributed by atoms with Crippen molar-refractivity contribution in [2.45, 2.75) is 45.4 Å². The van der Waals surface area contributed by atoms with E-state index in [4.69, 9.17) is 5.73 Å². The van der Waals surface area contributed by atoms with Crippen LogP contribution in [0.25, 0.3) is 0 Å². The first-order valence-electron chi connectivity index (χ1n) is 8.50. The number of halogens is 1. The fraction of sp³-hybridized carbons (Fsp3) is 0.933. The van der Waals surface area contributed by atoms with Crippen molar-refractivity contribution in [3.8, 4) is 0 Å². The summed E-state index contributed by atoms with van der Waals surface area (Å²) >= 11 is 0. The molecule has 8 heteroatoms. The molecule has 1 rings (SSSR count). The molecule has 0 atom stereocenters. The van der Waals surface area contributed by atoms with E-state index in [0.717, 1.165) is 19.5 Å². The summed E-state index contributed by atoms with van der Waals surface area (Å²) in [5.41, 5.74) is 5.82. The van der Waals surface area contributed by atoms with Crippen LogP contribution in [0.2, 0.25) is 0 Å². The molecule has 23 heavy (non-hydrogen) atoms. The normalized spacial score (nSPS) is 18.4. The van der Waals surface area contributed by atoms with Gasteiger partial charge in [0.2, 0.25) is 0 Å². The van der Waals surface area contributed by atoms with Crippen LogP contribution in [-0.4, -0.2) is 63.5 Å². The van der Waals surface area contributed by atoms with Crippen LogP contribution in [-0.2, 0) is 9.84 Å². The summed E-state index contributed by atoms with van der Waals surface area (Å²) in [4.78, 5) is 6.46. The van der Waals surface area contributed by atoms with E-state index < -0.39 is 9.84 Å². The number of nitrogens with two attached hydrogens (primary N) is 1.